The van der Waals surface area contributed by atoms with E-state index in [0.717, 1.165) is 50.3 Å². The molecule has 6 heteroatoms. The molecule has 2 aliphatic heterocycles. The van der Waals surface area contributed by atoms with Crippen molar-refractivity contribution in [3.05, 3.63) is 57.8 Å². The number of hydrogen-bond acceptors (Lipinski definition) is 5. The van der Waals surface area contributed by atoms with E-state index in [1.165, 1.54) is 0 Å². The van der Waals surface area contributed by atoms with Crippen LogP contribution in [-0.4, -0.2) is 11.7 Å². The van der Waals surface area contributed by atoms with Crippen LogP contribution in [-0.2, 0) is 0 Å². The zero-order chi connectivity index (χ0) is 20.4. The Labute approximate surface area is 169 Å². The molecule has 0 atom stereocenters. The summed E-state index contributed by atoms with van der Waals surface area (Å²) in [6, 6.07) is 12.1. The summed E-state index contributed by atoms with van der Waals surface area (Å²) in [4.78, 5) is 4.68. The van der Waals surface area contributed by atoms with Crippen LogP contribution in [0.5, 0.6) is 23.1 Å². The van der Waals surface area contributed by atoms with Gasteiger partial charge in [-0.15, -0.1) is 0 Å². The van der Waals surface area contributed by atoms with E-state index in [1.54, 1.807) is 0 Å². The summed E-state index contributed by atoms with van der Waals surface area (Å²) in [6.07, 6.45) is 0. The van der Waals surface area contributed by atoms with Crippen LogP contribution in [0.1, 0.15) is 33.5 Å². The molecule has 2 aliphatic rings. The first kappa shape index (κ1) is 17.3. The van der Waals surface area contributed by atoms with Crippen molar-refractivity contribution in [1.29, 1.82) is 10.5 Å². The Morgan fingerprint density at radius 3 is 1.93 bits per heavy atom. The number of fused-ring (bicyclic) bond motifs is 4. The van der Waals surface area contributed by atoms with Gasteiger partial charge in [-0.2, -0.15) is 10.5 Å². The van der Waals surface area contributed by atoms with E-state index in [9.17, 15) is 10.5 Å². The summed E-state index contributed by atoms with van der Waals surface area (Å²) in [6.45, 7) is 7.52. The summed E-state index contributed by atoms with van der Waals surface area (Å²) >= 11 is 0. The lowest BCUT2D eigenvalue weighted by Gasteiger charge is -2.34. The van der Waals surface area contributed by atoms with Gasteiger partial charge in [0.2, 0.25) is 5.88 Å². The Kier molecular flexibility index (Phi) is 3.51. The van der Waals surface area contributed by atoms with Crippen LogP contribution < -0.4 is 25.9 Å². The van der Waals surface area contributed by atoms with Crippen LogP contribution in [0.2, 0.25) is 0 Å². The molecule has 1 aromatic heterocycles. The molecule has 0 amide bonds. The number of hydrogen-bond donors (Lipinski definition) is 0. The van der Waals surface area contributed by atoms with Crippen molar-refractivity contribution in [1.82, 2.24) is 4.98 Å². The highest BCUT2D eigenvalue weighted by Crippen LogP contribution is 2.37. The molecule has 2 aromatic carbocycles. The molecule has 0 unspecified atom stereocenters. The molecule has 3 heterocycles. The molecular weight excluding hydrogens is 361 g/mol. The maximum absolute atomic E-state index is 9.57. The molecule has 138 valence electrons. The van der Waals surface area contributed by atoms with E-state index in [4.69, 9.17) is 9.47 Å². The number of aryl methyl sites for hydroxylation is 3. The van der Waals surface area contributed by atoms with Gasteiger partial charge in [-0.25, -0.2) is 4.98 Å². The van der Waals surface area contributed by atoms with Gasteiger partial charge in [0.05, 0.1) is 23.3 Å². The second kappa shape index (κ2) is 5.86. The van der Waals surface area contributed by atoms with Crippen LogP contribution in [0.3, 0.4) is 0 Å². The highest BCUT2D eigenvalue weighted by atomic mass is 16.5. The van der Waals surface area contributed by atoms with Gasteiger partial charge in [-0.1, -0.05) is 0 Å². The standard InChI is InChI=1S/C23H16BN3O2/c1-11-5-19-17(7-15(11)9-25)24-18-8-16(10-26)12(2)6-20(18)29-23-21(24)22(28-19)13(3)14(4)27-23/h5-8H,1-4H3. The SMILES string of the molecule is Cc1cc2c(cc1C#N)B1c3cc(C#N)c(C)cc3Oc3c(C)c(C)nc(c31)O2. The minimum atomic E-state index is -0.209. The fourth-order valence-electron chi connectivity index (χ4n) is 4.18. The molecule has 0 fully saturated rings. The van der Waals surface area contributed by atoms with Crippen molar-refractivity contribution in [2.45, 2.75) is 27.7 Å². The Bertz CT molecular complexity index is 1310. The first-order valence-corrected chi connectivity index (χ1v) is 9.39. The second-order valence-electron chi connectivity index (χ2n) is 7.64. The van der Waals surface area contributed by atoms with Gasteiger partial charge in [0, 0.05) is 16.7 Å². The summed E-state index contributed by atoms with van der Waals surface area (Å²) in [7, 11) is 0. The lowest BCUT2D eigenvalue weighted by molar-refractivity contribution is 0.446. The quantitative estimate of drug-likeness (QED) is 0.388. The lowest BCUT2D eigenvalue weighted by atomic mass is 9.34. The Hall–Kier alpha value is -3.77. The van der Waals surface area contributed by atoms with Crippen LogP contribution in [0.15, 0.2) is 24.3 Å². The molecule has 0 N–H and O–H groups in total. The molecule has 5 nitrogen and oxygen atoms in total. The molecule has 0 saturated heterocycles. The summed E-state index contributed by atoms with van der Waals surface area (Å²) in [5.74, 6) is 2.69. The van der Waals surface area contributed by atoms with E-state index in [2.05, 4.69) is 17.1 Å². The molecule has 0 saturated carbocycles. The normalized spacial score (nSPS) is 12.6. The summed E-state index contributed by atoms with van der Waals surface area (Å²) < 4.78 is 12.5. The molecule has 0 radical (unpaired) electrons. The van der Waals surface area contributed by atoms with E-state index >= 15 is 0 Å². The fraction of sp³-hybridized carbons (Fsp3) is 0.174. The second-order valence-corrected chi connectivity index (χ2v) is 7.64. The van der Waals surface area contributed by atoms with Crippen molar-refractivity contribution >= 4 is 23.1 Å². The minimum absolute atomic E-state index is 0.209. The molecule has 29 heavy (non-hydrogen) atoms. The van der Waals surface area contributed by atoms with E-state index in [-0.39, 0.29) is 6.71 Å². The molecule has 0 aliphatic carbocycles. The number of rotatable bonds is 0. The van der Waals surface area contributed by atoms with Gasteiger partial charge >= 0.3 is 0 Å². The fourth-order valence-corrected chi connectivity index (χ4v) is 4.18. The van der Waals surface area contributed by atoms with Gasteiger partial charge in [-0.3, -0.25) is 0 Å². The third-order valence-corrected chi connectivity index (χ3v) is 5.91. The molecular formula is C23H16BN3O2. The number of nitrogens with zero attached hydrogens (tertiary/aromatic N) is 3. The van der Waals surface area contributed by atoms with Gasteiger partial charge in [0.1, 0.15) is 17.2 Å². The topological polar surface area (TPSA) is 78.9 Å². The average Bonchev–Trinajstić information content (AvgIpc) is 2.70. The number of pyridine rings is 1. The Morgan fingerprint density at radius 2 is 1.38 bits per heavy atom. The van der Waals surface area contributed by atoms with Crippen molar-refractivity contribution in [3.63, 3.8) is 0 Å². The first-order chi connectivity index (χ1) is 13.9. The van der Waals surface area contributed by atoms with E-state index < -0.39 is 0 Å². The van der Waals surface area contributed by atoms with Crippen molar-refractivity contribution in [2.75, 3.05) is 0 Å². The van der Waals surface area contributed by atoms with Gasteiger partial charge in [0.15, 0.2) is 0 Å². The smallest absolute Gasteiger partial charge is 0.263 e. The van der Waals surface area contributed by atoms with Crippen molar-refractivity contribution in [2.24, 2.45) is 0 Å². The van der Waals surface area contributed by atoms with Gasteiger partial charge in [-0.05, 0) is 74.0 Å². The molecule has 3 aromatic rings. The van der Waals surface area contributed by atoms with E-state index in [0.29, 0.717) is 22.8 Å². The molecule has 0 bridgehead atoms. The number of benzene rings is 2. The predicted molar refractivity (Wildman–Crippen MR) is 110 cm³/mol. The zero-order valence-electron chi connectivity index (χ0n) is 16.5. The molecule has 0 spiro atoms. The number of ether oxygens (including phenoxy) is 2. The lowest BCUT2D eigenvalue weighted by Crippen LogP contribution is -2.58. The monoisotopic (exact) mass is 377 g/mol. The van der Waals surface area contributed by atoms with E-state index in [1.807, 2.05) is 52.0 Å². The summed E-state index contributed by atoms with van der Waals surface area (Å²) in [5.41, 5.74) is 7.38. The van der Waals surface area contributed by atoms with Crippen LogP contribution in [0, 0.1) is 50.4 Å². The van der Waals surface area contributed by atoms with Crippen molar-refractivity contribution < 1.29 is 9.47 Å². The maximum atomic E-state index is 9.57. The third kappa shape index (κ3) is 2.30. The average molecular weight is 377 g/mol. The number of aromatic nitrogens is 1. The zero-order valence-corrected chi connectivity index (χ0v) is 16.5. The van der Waals surface area contributed by atoms with Crippen molar-refractivity contribution in [3.8, 4) is 35.3 Å². The maximum Gasteiger partial charge on any atom is 0.263 e. The summed E-state index contributed by atoms with van der Waals surface area (Å²) in [5, 5.41) is 19.1. The minimum Gasteiger partial charge on any atom is -0.458 e. The predicted octanol–water partition coefficient (Wildman–Crippen LogP) is 2.79. The number of nitriles is 2. The largest absolute Gasteiger partial charge is 0.458 e. The molecule has 5 rings (SSSR count). The van der Waals surface area contributed by atoms with Crippen LogP contribution >= 0.6 is 0 Å². The highest BCUT2D eigenvalue weighted by molar-refractivity contribution is 6.98. The Balaban J connectivity index is 1.89. The van der Waals surface area contributed by atoms with Crippen LogP contribution in [0.25, 0.3) is 0 Å². The highest BCUT2D eigenvalue weighted by Gasteiger charge is 2.42. The van der Waals surface area contributed by atoms with Gasteiger partial charge < -0.3 is 9.47 Å². The first-order valence-electron chi connectivity index (χ1n) is 9.39. The van der Waals surface area contributed by atoms with Crippen LogP contribution in [0.4, 0.5) is 0 Å². The Morgan fingerprint density at radius 1 is 0.828 bits per heavy atom. The van der Waals surface area contributed by atoms with Gasteiger partial charge in [0.25, 0.3) is 6.71 Å². The third-order valence-electron chi connectivity index (χ3n) is 5.91.